The van der Waals surface area contributed by atoms with E-state index in [1.807, 2.05) is 22.7 Å². The van der Waals surface area contributed by atoms with Crippen LogP contribution in [-0.2, 0) is 6.42 Å². The standard InChI is InChI=1S/C17H17ClN2O/c1-11-5-7-13(8-6-11)10-15-16(12(2)21)20-9-3-4-14(18)17(20)19-15/h3-9,12,21H,10H2,1-2H3. The van der Waals surface area contributed by atoms with Gasteiger partial charge in [-0.1, -0.05) is 41.4 Å². The number of fused-ring (bicyclic) bond motifs is 1. The van der Waals surface area contributed by atoms with Crippen LogP contribution in [0.5, 0.6) is 0 Å². The molecule has 0 spiro atoms. The molecule has 2 aromatic heterocycles. The van der Waals surface area contributed by atoms with Crippen LogP contribution < -0.4 is 0 Å². The molecule has 3 nitrogen and oxygen atoms in total. The first-order valence-corrected chi connectivity index (χ1v) is 7.33. The average Bonchev–Trinajstić information content (AvgIpc) is 2.81. The number of nitrogens with zero attached hydrogens (tertiary/aromatic N) is 2. The summed E-state index contributed by atoms with van der Waals surface area (Å²) in [7, 11) is 0. The minimum atomic E-state index is -0.598. The maximum absolute atomic E-state index is 10.1. The lowest BCUT2D eigenvalue weighted by Gasteiger charge is -2.08. The molecule has 2 heterocycles. The number of aryl methyl sites for hydroxylation is 1. The molecule has 1 unspecified atom stereocenters. The number of aliphatic hydroxyl groups is 1. The fourth-order valence-electron chi connectivity index (χ4n) is 2.57. The molecule has 0 saturated heterocycles. The summed E-state index contributed by atoms with van der Waals surface area (Å²) < 4.78 is 1.87. The normalized spacial score (nSPS) is 12.8. The lowest BCUT2D eigenvalue weighted by molar-refractivity contribution is 0.192. The fraction of sp³-hybridized carbons (Fsp3) is 0.235. The van der Waals surface area contributed by atoms with Gasteiger partial charge in [0.15, 0.2) is 5.65 Å². The minimum Gasteiger partial charge on any atom is -0.387 e. The number of pyridine rings is 1. The summed E-state index contributed by atoms with van der Waals surface area (Å²) >= 11 is 6.21. The number of aromatic nitrogens is 2. The summed E-state index contributed by atoms with van der Waals surface area (Å²) in [6.45, 7) is 3.82. The molecule has 3 rings (SSSR count). The Balaban J connectivity index is 2.11. The van der Waals surface area contributed by atoms with Gasteiger partial charge in [0, 0.05) is 12.6 Å². The zero-order chi connectivity index (χ0) is 15.0. The van der Waals surface area contributed by atoms with Crippen LogP contribution in [0.25, 0.3) is 5.65 Å². The van der Waals surface area contributed by atoms with Crippen molar-refractivity contribution < 1.29 is 5.11 Å². The Morgan fingerprint density at radius 1 is 1.24 bits per heavy atom. The van der Waals surface area contributed by atoms with E-state index in [1.54, 1.807) is 6.92 Å². The summed E-state index contributed by atoms with van der Waals surface area (Å²) in [4.78, 5) is 4.62. The van der Waals surface area contributed by atoms with Gasteiger partial charge in [0.05, 0.1) is 22.5 Å². The van der Waals surface area contributed by atoms with Gasteiger partial charge in [-0.25, -0.2) is 4.98 Å². The Labute approximate surface area is 128 Å². The molecule has 0 aliphatic carbocycles. The van der Waals surface area contributed by atoms with Gasteiger partial charge >= 0.3 is 0 Å². The van der Waals surface area contributed by atoms with Crippen LogP contribution in [0.15, 0.2) is 42.6 Å². The number of halogens is 1. The van der Waals surface area contributed by atoms with Gasteiger partial charge in [0.2, 0.25) is 0 Å². The number of hydrogen-bond acceptors (Lipinski definition) is 2. The van der Waals surface area contributed by atoms with Crippen molar-refractivity contribution in [3.63, 3.8) is 0 Å². The number of rotatable bonds is 3. The molecule has 0 bridgehead atoms. The Morgan fingerprint density at radius 3 is 2.62 bits per heavy atom. The van der Waals surface area contributed by atoms with E-state index in [0.717, 1.165) is 11.4 Å². The molecule has 0 aliphatic heterocycles. The molecule has 0 amide bonds. The van der Waals surface area contributed by atoms with Gasteiger partial charge < -0.3 is 5.11 Å². The molecule has 21 heavy (non-hydrogen) atoms. The van der Waals surface area contributed by atoms with Gasteiger partial charge in [-0.15, -0.1) is 0 Å². The predicted octanol–water partition coefficient (Wildman–Crippen LogP) is 3.94. The van der Waals surface area contributed by atoms with Crippen LogP contribution in [0, 0.1) is 6.92 Å². The molecule has 3 aromatic rings. The lowest BCUT2D eigenvalue weighted by Crippen LogP contribution is -2.02. The molecule has 1 N–H and O–H groups in total. The highest BCUT2D eigenvalue weighted by molar-refractivity contribution is 6.33. The Hall–Kier alpha value is -1.84. The van der Waals surface area contributed by atoms with Crippen molar-refractivity contribution in [3.8, 4) is 0 Å². The molecule has 1 atom stereocenters. The summed E-state index contributed by atoms with van der Waals surface area (Å²) in [5.41, 5.74) is 4.75. The van der Waals surface area contributed by atoms with Crippen molar-refractivity contribution in [2.24, 2.45) is 0 Å². The lowest BCUT2D eigenvalue weighted by atomic mass is 10.1. The third kappa shape index (κ3) is 2.67. The van der Waals surface area contributed by atoms with Crippen LogP contribution in [0.2, 0.25) is 5.02 Å². The number of hydrogen-bond donors (Lipinski definition) is 1. The van der Waals surface area contributed by atoms with E-state index in [2.05, 4.69) is 36.2 Å². The first-order chi connectivity index (χ1) is 10.1. The van der Waals surface area contributed by atoms with E-state index in [9.17, 15) is 5.11 Å². The second-order valence-corrected chi connectivity index (χ2v) is 5.74. The fourth-order valence-corrected chi connectivity index (χ4v) is 2.78. The van der Waals surface area contributed by atoms with E-state index in [4.69, 9.17) is 11.6 Å². The molecule has 0 radical (unpaired) electrons. The van der Waals surface area contributed by atoms with Crippen LogP contribution in [-0.4, -0.2) is 14.5 Å². The third-order valence-electron chi connectivity index (χ3n) is 3.60. The van der Waals surface area contributed by atoms with Gasteiger partial charge in [0.1, 0.15) is 0 Å². The highest BCUT2D eigenvalue weighted by Gasteiger charge is 2.17. The smallest absolute Gasteiger partial charge is 0.156 e. The number of benzene rings is 1. The van der Waals surface area contributed by atoms with E-state index < -0.39 is 6.10 Å². The molecule has 0 fully saturated rings. The summed E-state index contributed by atoms with van der Waals surface area (Å²) in [6.07, 6.45) is 1.96. The highest BCUT2D eigenvalue weighted by atomic mass is 35.5. The van der Waals surface area contributed by atoms with Crippen LogP contribution >= 0.6 is 11.6 Å². The molecular weight excluding hydrogens is 284 g/mol. The second kappa shape index (κ2) is 5.51. The topological polar surface area (TPSA) is 37.5 Å². The van der Waals surface area contributed by atoms with E-state index in [1.165, 1.54) is 11.1 Å². The first kappa shape index (κ1) is 14.1. The van der Waals surface area contributed by atoms with Crippen molar-refractivity contribution >= 4 is 17.2 Å². The van der Waals surface area contributed by atoms with Crippen molar-refractivity contribution in [2.45, 2.75) is 26.4 Å². The van der Waals surface area contributed by atoms with Crippen LogP contribution in [0.1, 0.15) is 35.5 Å². The Bertz CT molecular complexity index is 775. The third-order valence-corrected chi connectivity index (χ3v) is 3.90. The summed E-state index contributed by atoms with van der Waals surface area (Å²) in [6, 6.07) is 12.0. The number of imidazole rings is 1. The molecule has 108 valence electrons. The maximum atomic E-state index is 10.1. The maximum Gasteiger partial charge on any atom is 0.156 e. The van der Waals surface area contributed by atoms with Crippen molar-refractivity contribution in [1.82, 2.24) is 9.38 Å². The zero-order valence-electron chi connectivity index (χ0n) is 12.0. The van der Waals surface area contributed by atoms with Gasteiger partial charge in [0.25, 0.3) is 0 Å². The zero-order valence-corrected chi connectivity index (χ0v) is 12.8. The average molecular weight is 301 g/mol. The Kier molecular flexibility index (Phi) is 3.70. The molecule has 4 heteroatoms. The summed E-state index contributed by atoms with van der Waals surface area (Å²) in [5, 5.41) is 10.7. The second-order valence-electron chi connectivity index (χ2n) is 5.33. The number of aliphatic hydroxyl groups excluding tert-OH is 1. The largest absolute Gasteiger partial charge is 0.387 e. The quantitative estimate of drug-likeness (QED) is 0.795. The molecule has 0 saturated carbocycles. The molecular formula is C17H17ClN2O. The van der Waals surface area contributed by atoms with Gasteiger partial charge in [-0.2, -0.15) is 0 Å². The Morgan fingerprint density at radius 2 is 1.95 bits per heavy atom. The van der Waals surface area contributed by atoms with Crippen LogP contribution in [0.4, 0.5) is 0 Å². The van der Waals surface area contributed by atoms with Gasteiger partial charge in [-0.05, 0) is 31.5 Å². The van der Waals surface area contributed by atoms with Crippen molar-refractivity contribution in [1.29, 1.82) is 0 Å². The SMILES string of the molecule is Cc1ccc(Cc2nc3c(Cl)cccn3c2C(C)O)cc1. The monoisotopic (exact) mass is 300 g/mol. The summed E-state index contributed by atoms with van der Waals surface area (Å²) in [5.74, 6) is 0. The van der Waals surface area contributed by atoms with Crippen molar-refractivity contribution in [3.05, 3.63) is 70.1 Å². The van der Waals surface area contributed by atoms with E-state index >= 15 is 0 Å². The van der Waals surface area contributed by atoms with E-state index in [0.29, 0.717) is 17.1 Å². The van der Waals surface area contributed by atoms with Gasteiger partial charge in [-0.3, -0.25) is 4.40 Å². The minimum absolute atomic E-state index is 0.592. The van der Waals surface area contributed by atoms with Crippen LogP contribution in [0.3, 0.4) is 0 Å². The molecule has 0 aliphatic rings. The predicted molar refractivity (Wildman–Crippen MR) is 84.8 cm³/mol. The molecule has 1 aromatic carbocycles. The first-order valence-electron chi connectivity index (χ1n) is 6.95. The van der Waals surface area contributed by atoms with Crippen molar-refractivity contribution in [2.75, 3.05) is 0 Å². The van der Waals surface area contributed by atoms with E-state index in [-0.39, 0.29) is 0 Å². The highest BCUT2D eigenvalue weighted by Crippen LogP contribution is 2.26.